The Morgan fingerprint density at radius 1 is 1.19 bits per heavy atom. The molecule has 3 aromatic rings. The lowest BCUT2D eigenvalue weighted by atomic mass is 10.0. The number of H-pyrrole nitrogens is 1. The maximum atomic E-state index is 12.4. The lowest BCUT2D eigenvalue weighted by molar-refractivity contribution is -0.114. The minimum absolute atomic E-state index is 0.324. The van der Waals surface area contributed by atoms with Crippen LogP contribution in [0.4, 0.5) is 0 Å². The van der Waals surface area contributed by atoms with Crippen LogP contribution in [0.15, 0.2) is 54.6 Å². The molecule has 26 heavy (non-hydrogen) atoms. The number of aromatic amines is 1. The third-order valence-electron chi connectivity index (χ3n) is 3.87. The number of imidazole rings is 1. The number of carbonyl (C=O) groups excluding carboxylic acids is 2. The van der Waals surface area contributed by atoms with E-state index >= 15 is 0 Å². The Labute approximate surface area is 149 Å². The summed E-state index contributed by atoms with van der Waals surface area (Å²) in [7, 11) is 1.31. The molecule has 128 valence electrons. The van der Waals surface area contributed by atoms with Crippen LogP contribution in [0.3, 0.4) is 0 Å². The van der Waals surface area contributed by atoms with Gasteiger partial charge in [-0.05, 0) is 35.9 Å². The molecule has 2 aromatic carbocycles. The fourth-order valence-electron chi connectivity index (χ4n) is 2.49. The molecule has 1 aromatic heterocycles. The summed E-state index contributed by atoms with van der Waals surface area (Å²) in [6.07, 6.45) is 2.94. The summed E-state index contributed by atoms with van der Waals surface area (Å²) in [5.41, 5.74) is 2.64. The van der Waals surface area contributed by atoms with Crippen molar-refractivity contribution in [3.63, 3.8) is 0 Å². The first-order valence-corrected chi connectivity index (χ1v) is 7.87. The highest BCUT2D eigenvalue weighted by Crippen LogP contribution is 2.19. The van der Waals surface area contributed by atoms with Crippen LogP contribution in [0, 0.1) is 11.3 Å². The van der Waals surface area contributed by atoms with Gasteiger partial charge in [-0.1, -0.05) is 30.3 Å². The third-order valence-corrected chi connectivity index (χ3v) is 3.87. The Bertz CT molecular complexity index is 993. The van der Waals surface area contributed by atoms with Gasteiger partial charge >= 0.3 is 5.97 Å². The summed E-state index contributed by atoms with van der Waals surface area (Å²) in [5, 5.41) is 9.38. The topological polar surface area (TPSA) is 95.8 Å². The summed E-state index contributed by atoms with van der Waals surface area (Å²) < 4.78 is 4.64. The summed E-state index contributed by atoms with van der Waals surface area (Å²) in [6, 6.07) is 15.9. The number of aromatic nitrogens is 2. The van der Waals surface area contributed by atoms with Gasteiger partial charge < -0.3 is 9.72 Å². The molecule has 0 fully saturated rings. The van der Waals surface area contributed by atoms with Crippen LogP contribution in [-0.4, -0.2) is 28.8 Å². The van der Waals surface area contributed by atoms with E-state index in [0.717, 1.165) is 11.1 Å². The molecule has 1 N–H and O–H groups in total. The molecule has 1 unspecified atom stereocenters. The summed E-state index contributed by atoms with van der Waals surface area (Å²) in [4.78, 5) is 31.1. The summed E-state index contributed by atoms with van der Waals surface area (Å²) >= 11 is 0. The maximum Gasteiger partial charge on any atom is 0.337 e. The van der Waals surface area contributed by atoms with E-state index in [0.29, 0.717) is 16.9 Å². The zero-order valence-corrected chi connectivity index (χ0v) is 14.0. The molecule has 0 aliphatic rings. The average Bonchev–Trinajstić information content (AvgIpc) is 3.10. The van der Waals surface area contributed by atoms with Crippen LogP contribution < -0.4 is 0 Å². The van der Waals surface area contributed by atoms with E-state index in [9.17, 15) is 14.9 Å². The van der Waals surface area contributed by atoms with E-state index in [4.69, 9.17) is 0 Å². The quantitative estimate of drug-likeness (QED) is 0.566. The first-order chi connectivity index (χ1) is 12.6. The average molecular weight is 345 g/mol. The molecule has 6 heteroatoms. The molecule has 6 nitrogen and oxygen atoms in total. The van der Waals surface area contributed by atoms with Crippen molar-refractivity contribution >= 4 is 28.9 Å². The normalized spacial score (nSPS) is 12.0. The van der Waals surface area contributed by atoms with Gasteiger partial charge in [0.2, 0.25) is 0 Å². The smallest absolute Gasteiger partial charge is 0.337 e. The van der Waals surface area contributed by atoms with E-state index in [1.807, 2.05) is 30.3 Å². The molecule has 0 bridgehead atoms. The Morgan fingerprint density at radius 2 is 1.92 bits per heavy atom. The Kier molecular flexibility index (Phi) is 4.90. The second kappa shape index (κ2) is 7.45. The van der Waals surface area contributed by atoms with Gasteiger partial charge in [-0.15, -0.1) is 0 Å². The summed E-state index contributed by atoms with van der Waals surface area (Å²) in [5.74, 6) is -1.48. The van der Waals surface area contributed by atoms with Crippen molar-refractivity contribution in [2.24, 2.45) is 0 Å². The van der Waals surface area contributed by atoms with Crippen LogP contribution in [-0.2, 0) is 9.53 Å². The van der Waals surface area contributed by atoms with Crippen LogP contribution in [0.5, 0.6) is 0 Å². The standard InChI is InChI=1S/C20H15N3O3/c1-26-20(25)14-9-6-13(7-10-14)8-11-18(24)15(12-21)19-22-16-4-2-3-5-17(16)23-19/h2-11,15H,1H3,(H,22,23)/b11-8+. The Balaban J connectivity index is 1.77. The fraction of sp³-hybridized carbons (Fsp3) is 0.100. The molecular formula is C20H15N3O3. The van der Waals surface area contributed by atoms with E-state index in [-0.39, 0.29) is 5.78 Å². The van der Waals surface area contributed by atoms with Gasteiger partial charge in [0, 0.05) is 0 Å². The number of fused-ring (bicyclic) bond motifs is 1. The van der Waals surface area contributed by atoms with Crippen molar-refractivity contribution in [3.8, 4) is 6.07 Å². The Morgan fingerprint density at radius 3 is 2.58 bits per heavy atom. The number of ketones is 1. The van der Waals surface area contributed by atoms with Gasteiger partial charge in [0.1, 0.15) is 5.82 Å². The van der Waals surface area contributed by atoms with Crippen molar-refractivity contribution in [3.05, 3.63) is 71.6 Å². The van der Waals surface area contributed by atoms with E-state index < -0.39 is 11.9 Å². The number of esters is 1. The predicted molar refractivity (Wildman–Crippen MR) is 96.3 cm³/mol. The fourth-order valence-corrected chi connectivity index (χ4v) is 2.49. The zero-order valence-electron chi connectivity index (χ0n) is 14.0. The Hall–Kier alpha value is -3.72. The number of hydrogen-bond donors (Lipinski definition) is 1. The molecular weight excluding hydrogens is 330 g/mol. The monoisotopic (exact) mass is 345 g/mol. The molecule has 1 heterocycles. The van der Waals surface area contributed by atoms with Gasteiger partial charge in [0.15, 0.2) is 11.7 Å². The predicted octanol–water partition coefficient (Wildman–Crippen LogP) is 3.24. The number of nitrogens with one attached hydrogen (secondary N) is 1. The molecule has 3 rings (SSSR count). The van der Waals surface area contributed by atoms with E-state index in [2.05, 4.69) is 14.7 Å². The molecule has 0 spiro atoms. The lowest BCUT2D eigenvalue weighted by Crippen LogP contribution is -2.09. The third kappa shape index (κ3) is 3.52. The van der Waals surface area contributed by atoms with Crippen molar-refractivity contribution in [2.45, 2.75) is 5.92 Å². The van der Waals surface area contributed by atoms with Gasteiger partial charge in [-0.3, -0.25) is 4.79 Å². The number of benzene rings is 2. The first-order valence-electron chi connectivity index (χ1n) is 7.87. The van der Waals surface area contributed by atoms with Crippen LogP contribution in [0.1, 0.15) is 27.7 Å². The van der Waals surface area contributed by atoms with Gasteiger partial charge in [0.05, 0.1) is 29.8 Å². The first kappa shape index (κ1) is 17.1. The van der Waals surface area contributed by atoms with Crippen molar-refractivity contribution in [1.29, 1.82) is 5.26 Å². The molecule has 0 aliphatic heterocycles. The van der Waals surface area contributed by atoms with Crippen LogP contribution >= 0.6 is 0 Å². The number of carbonyl (C=O) groups is 2. The summed E-state index contributed by atoms with van der Waals surface area (Å²) in [6.45, 7) is 0. The number of allylic oxidation sites excluding steroid dienone is 1. The second-order valence-electron chi connectivity index (χ2n) is 5.55. The number of ether oxygens (including phenoxy) is 1. The molecule has 0 amide bonds. The number of nitrogens with zero attached hydrogens (tertiary/aromatic N) is 2. The highest BCUT2D eigenvalue weighted by molar-refractivity contribution is 6.00. The zero-order chi connectivity index (χ0) is 18.5. The highest BCUT2D eigenvalue weighted by atomic mass is 16.5. The van der Waals surface area contributed by atoms with Crippen LogP contribution in [0.25, 0.3) is 17.1 Å². The largest absolute Gasteiger partial charge is 0.465 e. The number of para-hydroxylation sites is 2. The number of rotatable bonds is 5. The van der Waals surface area contributed by atoms with Gasteiger partial charge in [-0.25, -0.2) is 9.78 Å². The van der Waals surface area contributed by atoms with E-state index in [1.165, 1.54) is 13.2 Å². The van der Waals surface area contributed by atoms with E-state index in [1.54, 1.807) is 30.3 Å². The number of methoxy groups -OCH3 is 1. The van der Waals surface area contributed by atoms with Crippen LogP contribution in [0.2, 0.25) is 0 Å². The SMILES string of the molecule is COC(=O)c1ccc(/C=C/C(=O)C(C#N)c2nc3ccccc3[nH]2)cc1. The molecule has 0 radical (unpaired) electrons. The second-order valence-corrected chi connectivity index (χ2v) is 5.55. The molecule has 1 atom stereocenters. The van der Waals surface area contributed by atoms with Crippen molar-refractivity contribution in [1.82, 2.24) is 9.97 Å². The highest BCUT2D eigenvalue weighted by Gasteiger charge is 2.21. The van der Waals surface area contributed by atoms with Gasteiger partial charge in [0.25, 0.3) is 0 Å². The lowest BCUT2D eigenvalue weighted by Gasteiger charge is -2.01. The minimum Gasteiger partial charge on any atom is -0.465 e. The molecule has 0 aliphatic carbocycles. The maximum absolute atomic E-state index is 12.4. The van der Waals surface area contributed by atoms with Crippen molar-refractivity contribution < 1.29 is 14.3 Å². The number of nitriles is 1. The van der Waals surface area contributed by atoms with Gasteiger partial charge in [-0.2, -0.15) is 5.26 Å². The minimum atomic E-state index is -1.01. The number of hydrogen-bond acceptors (Lipinski definition) is 5. The molecule has 0 saturated heterocycles. The van der Waals surface area contributed by atoms with Crippen molar-refractivity contribution in [2.75, 3.05) is 7.11 Å². The molecule has 0 saturated carbocycles.